The number of ether oxygens (including phenoxy) is 1. The minimum atomic E-state index is -0.292. The normalized spacial score (nSPS) is 14.5. The number of rotatable bonds is 6. The lowest BCUT2D eigenvalue weighted by molar-refractivity contribution is -0.121. The Morgan fingerprint density at radius 3 is 2.53 bits per heavy atom. The quantitative estimate of drug-likeness (QED) is 0.654. The molecule has 0 radical (unpaired) electrons. The second-order valence-corrected chi connectivity index (χ2v) is 7.50. The van der Waals surface area contributed by atoms with Crippen molar-refractivity contribution in [3.63, 3.8) is 0 Å². The molecule has 156 valence electrons. The Morgan fingerprint density at radius 1 is 1.17 bits per heavy atom. The number of nitrogens with one attached hydrogen (secondary N) is 2. The third-order valence-corrected chi connectivity index (χ3v) is 5.43. The topological polar surface area (TPSA) is 70.2 Å². The Labute approximate surface area is 175 Å². The van der Waals surface area contributed by atoms with Crippen molar-refractivity contribution in [2.45, 2.75) is 25.3 Å². The summed E-state index contributed by atoms with van der Waals surface area (Å²) in [5.41, 5.74) is 2.83. The Morgan fingerprint density at radius 2 is 1.87 bits per heavy atom. The molecule has 2 N–H and O–H groups in total. The zero-order valence-electron chi connectivity index (χ0n) is 16.9. The first-order chi connectivity index (χ1) is 14.6. The van der Waals surface area contributed by atoms with Crippen molar-refractivity contribution in [3.8, 4) is 17.0 Å². The second kappa shape index (κ2) is 8.98. The number of hydrogen-bond acceptors (Lipinski definition) is 4. The number of nitrogens with zero attached hydrogens (tertiary/aromatic N) is 2. The molecule has 0 atom stereocenters. The Bertz CT molecular complexity index is 977. The van der Waals surface area contributed by atoms with Gasteiger partial charge in [0.05, 0.1) is 19.2 Å². The molecule has 0 aliphatic carbocycles. The molecule has 1 saturated heterocycles. The molecule has 7 heteroatoms. The van der Waals surface area contributed by atoms with Crippen LogP contribution in [0, 0.1) is 5.82 Å². The number of amides is 1. The average molecular weight is 408 g/mol. The number of carbonyl (C=O) groups is 1. The van der Waals surface area contributed by atoms with E-state index in [0.717, 1.165) is 54.3 Å². The third-order valence-electron chi connectivity index (χ3n) is 5.43. The Hall–Kier alpha value is -3.35. The molecule has 0 saturated carbocycles. The number of aromatic nitrogens is 2. The zero-order chi connectivity index (χ0) is 20.9. The monoisotopic (exact) mass is 408 g/mol. The predicted molar refractivity (Wildman–Crippen MR) is 114 cm³/mol. The minimum Gasteiger partial charge on any atom is -0.497 e. The Balaban J connectivity index is 1.28. The van der Waals surface area contributed by atoms with Crippen LogP contribution in [-0.2, 0) is 11.2 Å². The summed E-state index contributed by atoms with van der Waals surface area (Å²) in [6.45, 7) is 1.66. The first kappa shape index (κ1) is 19.9. The van der Waals surface area contributed by atoms with E-state index in [4.69, 9.17) is 4.74 Å². The van der Waals surface area contributed by atoms with E-state index in [-0.39, 0.29) is 24.2 Å². The summed E-state index contributed by atoms with van der Waals surface area (Å²) in [7, 11) is 1.65. The highest BCUT2D eigenvalue weighted by atomic mass is 19.1. The number of methoxy groups -OCH3 is 1. The van der Waals surface area contributed by atoms with Crippen molar-refractivity contribution in [1.82, 2.24) is 15.5 Å². The maximum absolute atomic E-state index is 13.0. The molecule has 2 aromatic carbocycles. The fourth-order valence-corrected chi connectivity index (χ4v) is 3.71. The van der Waals surface area contributed by atoms with Gasteiger partial charge >= 0.3 is 0 Å². The van der Waals surface area contributed by atoms with Gasteiger partial charge in [-0.2, -0.15) is 5.10 Å². The van der Waals surface area contributed by atoms with E-state index in [0.29, 0.717) is 0 Å². The number of anilines is 1. The Kier molecular flexibility index (Phi) is 5.97. The van der Waals surface area contributed by atoms with Gasteiger partial charge in [-0.05, 0) is 60.4 Å². The van der Waals surface area contributed by atoms with Crippen LogP contribution in [0.4, 0.5) is 10.2 Å². The van der Waals surface area contributed by atoms with Crippen LogP contribution in [0.25, 0.3) is 11.3 Å². The van der Waals surface area contributed by atoms with E-state index >= 15 is 0 Å². The first-order valence-electron chi connectivity index (χ1n) is 10.1. The van der Waals surface area contributed by atoms with E-state index in [2.05, 4.69) is 26.5 Å². The highest BCUT2D eigenvalue weighted by Gasteiger charge is 2.22. The zero-order valence-corrected chi connectivity index (χ0v) is 16.9. The smallest absolute Gasteiger partial charge is 0.224 e. The molecule has 4 rings (SSSR count). The van der Waals surface area contributed by atoms with Crippen LogP contribution in [-0.4, -0.2) is 42.3 Å². The number of piperidine rings is 1. The molecule has 1 fully saturated rings. The lowest BCUT2D eigenvalue weighted by atomic mass is 10.0. The van der Waals surface area contributed by atoms with Crippen LogP contribution < -0.4 is 15.0 Å². The third kappa shape index (κ3) is 4.79. The van der Waals surface area contributed by atoms with Gasteiger partial charge in [-0.3, -0.25) is 9.89 Å². The highest BCUT2D eigenvalue weighted by molar-refractivity contribution is 5.78. The van der Waals surface area contributed by atoms with E-state index in [1.54, 1.807) is 19.2 Å². The molecule has 3 aromatic rings. The SMILES string of the molecule is COc1ccc(-c2cc(N3CCC(NC(=O)Cc4ccc(F)cc4)CC3)n[nH]2)cc1. The van der Waals surface area contributed by atoms with E-state index in [1.807, 2.05) is 24.3 Å². The molecule has 1 amide bonds. The van der Waals surface area contributed by atoms with Crippen molar-refractivity contribution in [3.05, 3.63) is 66.0 Å². The maximum atomic E-state index is 13.0. The average Bonchev–Trinajstić information content (AvgIpc) is 3.26. The molecule has 0 unspecified atom stereocenters. The van der Waals surface area contributed by atoms with Gasteiger partial charge in [0.2, 0.25) is 5.91 Å². The molecular formula is C23H25FN4O2. The second-order valence-electron chi connectivity index (χ2n) is 7.50. The van der Waals surface area contributed by atoms with Gasteiger partial charge in [-0.15, -0.1) is 0 Å². The summed E-state index contributed by atoms with van der Waals surface area (Å²) in [5.74, 6) is 1.42. The lowest BCUT2D eigenvalue weighted by Gasteiger charge is -2.32. The molecule has 2 heterocycles. The van der Waals surface area contributed by atoms with Crippen molar-refractivity contribution < 1.29 is 13.9 Å². The summed E-state index contributed by atoms with van der Waals surface area (Å²) >= 11 is 0. The summed E-state index contributed by atoms with van der Waals surface area (Å²) in [6.07, 6.45) is 1.99. The fourth-order valence-electron chi connectivity index (χ4n) is 3.71. The fraction of sp³-hybridized carbons (Fsp3) is 0.304. The summed E-state index contributed by atoms with van der Waals surface area (Å²) < 4.78 is 18.2. The van der Waals surface area contributed by atoms with Crippen molar-refractivity contribution >= 4 is 11.7 Å². The number of aromatic amines is 1. The number of H-pyrrole nitrogens is 1. The lowest BCUT2D eigenvalue weighted by Crippen LogP contribution is -2.45. The molecule has 0 bridgehead atoms. The van der Waals surface area contributed by atoms with Gasteiger partial charge in [-0.25, -0.2) is 4.39 Å². The summed E-state index contributed by atoms with van der Waals surface area (Å²) in [5, 5.41) is 10.7. The van der Waals surface area contributed by atoms with Crippen LogP contribution in [0.3, 0.4) is 0 Å². The van der Waals surface area contributed by atoms with Crippen LogP contribution in [0.5, 0.6) is 5.75 Å². The van der Waals surface area contributed by atoms with Crippen LogP contribution in [0.1, 0.15) is 18.4 Å². The number of benzene rings is 2. The predicted octanol–water partition coefficient (Wildman–Crippen LogP) is 3.55. The van der Waals surface area contributed by atoms with Crippen LogP contribution in [0.2, 0.25) is 0 Å². The first-order valence-corrected chi connectivity index (χ1v) is 10.1. The summed E-state index contributed by atoms with van der Waals surface area (Å²) in [6, 6.07) is 16.1. The highest BCUT2D eigenvalue weighted by Crippen LogP contribution is 2.25. The van der Waals surface area contributed by atoms with Gasteiger partial charge in [0.15, 0.2) is 5.82 Å². The largest absolute Gasteiger partial charge is 0.497 e. The minimum absolute atomic E-state index is 0.0263. The molecule has 1 aliphatic heterocycles. The van der Waals surface area contributed by atoms with Gasteiger partial charge in [0, 0.05) is 25.2 Å². The standard InChI is InChI=1S/C23H25FN4O2/c1-30-20-8-4-17(5-9-20)21-15-22(27-26-21)28-12-10-19(11-13-28)25-23(29)14-16-2-6-18(24)7-3-16/h2-9,15,19H,10-14H2,1H3,(H,25,29)(H,26,27). The number of hydrogen-bond donors (Lipinski definition) is 2. The number of carbonyl (C=O) groups excluding carboxylic acids is 1. The van der Waals surface area contributed by atoms with Crippen LogP contribution in [0.15, 0.2) is 54.6 Å². The van der Waals surface area contributed by atoms with Crippen molar-refractivity contribution in [1.29, 1.82) is 0 Å². The van der Waals surface area contributed by atoms with Gasteiger partial charge in [0.1, 0.15) is 11.6 Å². The molecule has 1 aromatic heterocycles. The van der Waals surface area contributed by atoms with E-state index < -0.39 is 0 Å². The van der Waals surface area contributed by atoms with E-state index in [1.165, 1.54) is 12.1 Å². The van der Waals surface area contributed by atoms with Crippen molar-refractivity contribution in [2.75, 3.05) is 25.1 Å². The van der Waals surface area contributed by atoms with Gasteiger partial charge < -0.3 is 15.0 Å². The molecule has 0 spiro atoms. The van der Waals surface area contributed by atoms with E-state index in [9.17, 15) is 9.18 Å². The molecule has 6 nitrogen and oxygen atoms in total. The molecular weight excluding hydrogens is 383 g/mol. The van der Waals surface area contributed by atoms with Gasteiger partial charge in [-0.1, -0.05) is 12.1 Å². The molecule has 1 aliphatic rings. The maximum Gasteiger partial charge on any atom is 0.224 e. The van der Waals surface area contributed by atoms with Crippen molar-refractivity contribution in [2.24, 2.45) is 0 Å². The van der Waals surface area contributed by atoms with Gasteiger partial charge in [0.25, 0.3) is 0 Å². The number of halogens is 1. The van der Waals surface area contributed by atoms with Crippen LogP contribution >= 0.6 is 0 Å². The molecule has 30 heavy (non-hydrogen) atoms. The summed E-state index contributed by atoms with van der Waals surface area (Å²) in [4.78, 5) is 14.5.